The molecule has 0 atom stereocenters. The van der Waals surface area contributed by atoms with E-state index < -0.39 is 0 Å². The van der Waals surface area contributed by atoms with Gasteiger partial charge in [0.15, 0.2) is 0 Å². The van der Waals surface area contributed by atoms with Gasteiger partial charge in [-0.15, -0.1) is 11.3 Å². The van der Waals surface area contributed by atoms with Crippen molar-refractivity contribution in [2.75, 3.05) is 0 Å². The van der Waals surface area contributed by atoms with Gasteiger partial charge >= 0.3 is 0 Å². The van der Waals surface area contributed by atoms with Crippen molar-refractivity contribution in [1.82, 2.24) is 4.57 Å². The lowest BCUT2D eigenvalue weighted by Gasteiger charge is -2.07. The number of rotatable bonds is 4. The quantitative estimate of drug-likeness (QED) is 0.566. The molecule has 1 aliphatic rings. The Balaban J connectivity index is 1.85. The second kappa shape index (κ2) is 5.46. The molecular weight excluding hydrogens is 328 g/mol. The van der Waals surface area contributed by atoms with Gasteiger partial charge in [-0.3, -0.25) is 4.79 Å². The molecule has 3 nitrogen and oxygen atoms in total. The van der Waals surface area contributed by atoms with Crippen LogP contribution in [0.4, 0.5) is 0 Å². The highest BCUT2D eigenvalue weighted by Crippen LogP contribution is 2.38. The van der Waals surface area contributed by atoms with Crippen molar-refractivity contribution in [3.05, 3.63) is 59.5 Å². The van der Waals surface area contributed by atoms with Gasteiger partial charge in [0.25, 0.3) is 0 Å². The number of hydrogen-bond acceptors (Lipinski definition) is 2. The van der Waals surface area contributed by atoms with Crippen molar-refractivity contribution < 1.29 is 4.79 Å². The molecule has 1 amide bonds. The lowest BCUT2D eigenvalue weighted by atomic mass is 10.0. The van der Waals surface area contributed by atoms with Gasteiger partial charge in [-0.1, -0.05) is 12.1 Å². The second-order valence-corrected chi connectivity index (χ2v) is 7.69. The van der Waals surface area contributed by atoms with Gasteiger partial charge in [-0.25, -0.2) is 0 Å². The average molecular weight is 345 g/mol. The first-order chi connectivity index (χ1) is 12.2. The number of hydrogen-bond donors (Lipinski definition) is 1. The number of carbonyl (C=O) groups excluding carboxylic acids is 1. The van der Waals surface area contributed by atoms with E-state index in [9.17, 15) is 4.79 Å². The van der Waals surface area contributed by atoms with Gasteiger partial charge in [0.2, 0.25) is 5.91 Å². The summed E-state index contributed by atoms with van der Waals surface area (Å²) in [5.41, 5.74) is 9.61. The molecule has 0 bridgehead atoms. The third-order valence-corrected chi connectivity index (χ3v) is 5.92. The zero-order chi connectivity index (χ0) is 17.0. The SMILES string of the molecule is NC(=O)c1cccc2c1c1[c]cc(-c3cccs3)cc1n2CC1CC1. The topological polar surface area (TPSA) is 48.0 Å². The van der Waals surface area contributed by atoms with Crippen LogP contribution < -0.4 is 5.73 Å². The smallest absolute Gasteiger partial charge is 0.249 e. The summed E-state index contributed by atoms with van der Waals surface area (Å²) in [6.45, 7) is 0.990. The van der Waals surface area contributed by atoms with Crippen molar-refractivity contribution >= 4 is 39.0 Å². The van der Waals surface area contributed by atoms with Crippen LogP contribution in [0.3, 0.4) is 0 Å². The molecule has 5 rings (SSSR count). The molecule has 4 heteroatoms. The fraction of sp³-hybridized carbons (Fsp3) is 0.190. The number of nitrogens with zero attached hydrogens (tertiary/aromatic N) is 1. The summed E-state index contributed by atoms with van der Waals surface area (Å²) in [7, 11) is 0. The van der Waals surface area contributed by atoms with Crippen molar-refractivity contribution in [3.63, 3.8) is 0 Å². The number of aromatic nitrogens is 1. The fourth-order valence-corrected chi connectivity index (χ4v) is 4.32. The van der Waals surface area contributed by atoms with Crippen molar-refractivity contribution in [3.8, 4) is 10.4 Å². The van der Waals surface area contributed by atoms with Crippen molar-refractivity contribution in [1.29, 1.82) is 0 Å². The molecule has 2 aromatic heterocycles. The minimum Gasteiger partial charge on any atom is -0.366 e. The highest BCUT2D eigenvalue weighted by Gasteiger charge is 2.25. The minimum atomic E-state index is -0.383. The van der Waals surface area contributed by atoms with Gasteiger partial charge in [-0.2, -0.15) is 0 Å². The first-order valence-electron chi connectivity index (χ1n) is 8.52. The normalized spacial score (nSPS) is 14.4. The first-order valence-corrected chi connectivity index (χ1v) is 9.40. The molecule has 2 N–H and O–H groups in total. The number of fused-ring (bicyclic) bond motifs is 3. The molecule has 2 heterocycles. The van der Waals surface area contributed by atoms with E-state index in [1.165, 1.54) is 23.3 Å². The van der Waals surface area contributed by atoms with Crippen LogP contribution >= 0.6 is 11.3 Å². The molecule has 0 aliphatic heterocycles. The Kier molecular flexibility index (Phi) is 3.22. The number of thiophene rings is 1. The summed E-state index contributed by atoms with van der Waals surface area (Å²) in [4.78, 5) is 13.2. The molecule has 2 aromatic carbocycles. The second-order valence-electron chi connectivity index (χ2n) is 6.74. The Labute approximate surface area is 149 Å². The van der Waals surface area contributed by atoms with Crippen LogP contribution in [0.2, 0.25) is 0 Å². The Morgan fingerprint density at radius 2 is 2.12 bits per heavy atom. The number of carbonyl (C=O) groups is 1. The largest absolute Gasteiger partial charge is 0.366 e. The number of primary amides is 1. The molecule has 1 saturated carbocycles. The van der Waals surface area contributed by atoms with E-state index in [1.807, 2.05) is 18.2 Å². The Bertz CT molecular complexity index is 1100. The molecule has 1 fully saturated rings. The van der Waals surface area contributed by atoms with Crippen LogP contribution in [0, 0.1) is 12.0 Å². The molecule has 123 valence electrons. The average Bonchev–Trinajstić information content (AvgIpc) is 3.16. The molecule has 1 aliphatic carbocycles. The predicted molar refractivity (Wildman–Crippen MR) is 103 cm³/mol. The Hall–Kier alpha value is -2.59. The van der Waals surface area contributed by atoms with Crippen molar-refractivity contribution in [2.24, 2.45) is 11.7 Å². The molecule has 0 unspecified atom stereocenters. The lowest BCUT2D eigenvalue weighted by Crippen LogP contribution is -2.11. The molecule has 1 radical (unpaired) electrons. The summed E-state index contributed by atoms with van der Waals surface area (Å²) < 4.78 is 2.35. The molecule has 4 aromatic rings. The molecule has 0 saturated heterocycles. The van der Waals surface area contributed by atoms with Gasteiger partial charge in [0, 0.05) is 33.3 Å². The van der Waals surface area contributed by atoms with Gasteiger partial charge in [0.05, 0.1) is 5.52 Å². The van der Waals surface area contributed by atoms with Crippen LogP contribution in [-0.4, -0.2) is 10.5 Å². The number of amides is 1. The summed E-state index contributed by atoms with van der Waals surface area (Å²) in [5.74, 6) is 0.355. The highest BCUT2D eigenvalue weighted by atomic mass is 32.1. The highest BCUT2D eigenvalue weighted by molar-refractivity contribution is 7.13. The zero-order valence-electron chi connectivity index (χ0n) is 13.7. The van der Waals surface area contributed by atoms with E-state index in [2.05, 4.69) is 40.3 Å². The Morgan fingerprint density at radius 3 is 2.84 bits per heavy atom. The predicted octanol–water partition coefficient (Wildman–Crippen LogP) is 4.83. The zero-order valence-corrected chi connectivity index (χ0v) is 14.5. The van der Waals surface area contributed by atoms with Gasteiger partial charge < -0.3 is 10.3 Å². The Morgan fingerprint density at radius 1 is 1.24 bits per heavy atom. The van der Waals surface area contributed by atoms with Gasteiger partial charge in [-0.05, 0) is 66.1 Å². The third-order valence-electron chi connectivity index (χ3n) is 5.00. The summed E-state index contributed by atoms with van der Waals surface area (Å²) >= 11 is 1.73. The van der Waals surface area contributed by atoms with Crippen LogP contribution in [0.5, 0.6) is 0 Å². The maximum Gasteiger partial charge on any atom is 0.249 e. The fourth-order valence-electron chi connectivity index (χ4n) is 3.60. The van der Waals surface area contributed by atoms with Crippen molar-refractivity contribution in [2.45, 2.75) is 19.4 Å². The summed E-state index contributed by atoms with van der Waals surface area (Å²) in [6, 6.07) is 17.7. The van der Waals surface area contributed by atoms with Crippen LogP contribution in [0.25, 0.3) is 32.2 Å². The summed E-state index contributed by atoms with van der Waals surface area (Å²) in [6.07, 6.45) is 2.57. The van der Waals surface area contributed by atoms with E-state index in [4.69, 9.17) is 5.73 Å². The molecular formula is C21H17N2OS. The maximum atomic E-state index is 12.0. The van der Waals surface area contributed by atoms with Crippen LogP contribution in [0.15, 0.2) is 47.8 Å². The number of nitrogens with two attached hydrogens (primary N) is 1. The monoisotopic (exact) mass is 345 g/mol. The number of benzene rings is 2. The van der Waals surface area contributed by atoms with E-state index >= 15 is 0 Å². The van der Waals surface area contributed by atoms with E-state index in [-0.39, 0.29) is 5.91 Å². The summed E-state index contributed by atoms with van der Waals surface area (Å²) in [5, 5.41) is 4.01. The van der Waals surface area contributed by atoms with E-state index in [0.717, 1.165) is 34.3 Å². The van der Waals surface area contributed by atoms with Crippen LogP contribution in [-0.2, 0) is 6.54 Å². The van der Waals surface area contributed by atoms with E-state index in [1.54, 1.807) is 11.3 Å². The molecule has 0 spiro atoms. The van der Waals surface area contributed by atoms with E-state index in [0.29, 0.717) is 5.56 Å². The lowest BCUT2D eigenvalue weighted by molar-refractivity contribution is 0.100. The third kappa shape index (κ3) is 2.36. The van der Waals surface area contributed by atoms with Gasteiger partial charge in [0.1, 0.15) is 0 Å². The standard InChI is InChI=1S/C21H17N2OS/c22-21(24)16-3-1-4-17-20(16)15-9-8-14(19-5-2-10-25-19)11-18(15)23(17)12-13-6-7-13/h1-5,8,10-11,13H,6-7,12H2,(H2,22,24). The maximum absolute atomic E-state index is 12.0. The minimum absolute atomic E-state index is 0.383. The van der Waals surface area contributed by atoms with Crippen LogP contribution in [0.1, 0.15) is 23.2 Å². The first kappa shape index (κ1) is 14.7. The molecule has 25 heavy (non-hydrogen) atoms.